The molecule has 1 N–H and O–H groups in total. The third-order valence-electron chi connectivity index (χ3n) is 0.302. The van der Waals surface area contributed by atoms with Crippen molar-refractivity contribution in [3.05, 3.63) is 0 Å². The summed E-state index contributed by atoms with van der Waals surface area (Å²) >= 11 is 1.31. The standard InChI is InChI=1S/C3H6O2.CH3.Na/c1-2-3(4)5;;/h2H2,1H3,(H,4,5);1H3;. The van der Waals surface area contributed by atoms with E-state index in [1.807, 2.05) is 0 Å². The van der Waals surface area contributed by atoms with Gasteiger partial charge in [-0.3, -0.25) is 4.79 Å². The predicted molar refractivity (Wildman–Crippen MR) is 29.5 cm³/mol. The van der Waals surface area contributed by atoms with E-state index in [0.29, 0.717) is 0 Å². The summed E-state index contributed by atoms with van der Waals surface area (Å²) in [4.78, 5) is 9.37. The molecule has 0 rings (SSSR count). The number of rotatable bonds is 1. The van der Waals surface area contributed by atoms with Gasteiger partial charge >= 0.3 is 38.1 Å². The van der Waals surface area contributed by atoms with Crippen molar-refractivity contribution in [2.45, 2.75) is 17.5 Å². The molecule has 0 bridgehead atoms. The van der Waals surface area contributed by atoms with Crippen LogP contribution in [0, 0.1) is 0 Å². The van der Waals surface area contributed by atoms with Gasteiger partial charge in [-0.2, -0.15) is 0 Å². The number of hydrogen-bond donors (Lipinski definition) is 1. The molecule has 0 aromatic rings. The molecule has 38 valence electrons. The molecule has 0 amide bonds. The summed E-state index contributed by atoms with van der Waals surface area (Å²) in [5.41, 5.74) is 0. The van der Waals surface area contributed by atoms with E-state index in [1.165, 1.54) is 27.9 Å². The van der Waals surface area contributed by atoms with Gasteiger partial charge in [-0.25, -0.2) is 0 Å². The van der Waals surface area contributed by atoms with Crippen LogP contribution < -0.4 is 0 Å². The average Bonchev–Trinajstić information content (AvgIpc) is 1.73. The van der Waals surface area contributed by atoms with Crippen LogP contribution >= 0.6 is 0 Å². The fourth-order valence-electron chi connectivity index (χ4n) is 0. The molecule has 0 saturated carbocycles. The fourth-order valence-corrected chi connectivity index (χ4v) is 0. The Balaban J connectivity index is 0. The molecule has 0 saturated heterocycles. The van der Waals surface area contributed by atoms with Gasteiger partial charge < -0.3 is 5.11 Å². The van der Waals surface area contributed by atoms with Crippen molar-refractivity contribution < 1.29 is 9.90 Å². The first-order valence-corrected chi connectivity index (χ1v) is 4.49. The molecule has 3 heteroatoms. The number of carboxylic acid groups (broad SMARTS) is 1. The molecule has 7 heavy (non-hydrogen) atoms. The Morgan fingerprint density at radius 1 is 1.71 bits per heavy atom. The Labute approximate surface area is 61.3 Å². The number of aliphatic carboxylic acids is 1. The Morgan fingerprint density at radius 3 is 1.86 bits per heavy atom. The third kappa shape index (κ3) is 21.2. The van der Waals surface area contributed by atoms with Crippen molar-refractivity contribution in [3.8, 4) is 0 Å². The summed E-state index contributed by atoms with van der Waals surface area (Å²) in [7, 11) is 0. The zero-order chi connectivity index (χ0) is 6.28. The normalized spacial score (nSPS) is 6.29. The van der Waals surface area contributed by atoms with E-state index in [-0.39, 0.29) is 6.42 Å². The summed E-state index contributed by atoms with van der Waals surface area (Å²) < 4.78 is 2.14. The van der Waals surface area contributed by atoms with Crippen molar-refractivity contribution in [1.29, 1.82) is 0 Å². The first kappa shape index (κ1) is 10.5. The first-order valence-electron chi connectivity index (χ1n) is 2.49. The maximum absolute atomic E-state index is 9.37. The van der Waals surface area contributed by atoms with Gasteiger partial charge in [0.1, 0.15) is 0 Å². The van der Waals surface area contributed by atoms with E-state index in [4.69, 9.17) is 5.11 Å². The second kappa shape index (κ2) is 9.69. The van der Waals surface area contributed by atoms with Gasteiger partial charge in [-0.15, -0.1) is 0 Å². The van der Waals surface area contributed by atoms with Gasteiger partial charge in [0.05, 0.1) is 0 Å². The van der Waals surface area contributed by atoms with Gasteiger partial charge in [-0.1, -0.05) is 6.92 Å². The van der Waals surface area contributed by atoms with Gasteiger partial charge in [0, 0.05) is 6.42 Å². The van der Waals surface area contributed by atoms with Crippen LogP contribution in [0.15, 0.2) is 0 Å². The SMILES string of the molecule is CCC(=O)O.[CH3][Na]. The minimum atomic E-state index is -0.745. The van der Waals surface area contributed by atoms with E-state index in [1.54, 1.807) is 6.92 Å². The summed E-state index contributed by atoms with van der Waals surface area (Å²) in [5, 5.41) is 7.72. The predicted octanol–water partition coefficient (Wildman–Crippen LogP) is 0.684. The summed E-state index contributed by atoms with van der Waals surface area (Å²) in [6, 6.07) is 0. The summed E-state index contributed by atoms with van der Waals surface area (Å²) in [6.45, 7) is 1.60. The van der Waals surface area contributed by atoms with E-state index in [0.717, 1.165) is 0 Å². The molecule has 0 fully saturated rings. The molecule has 0 aliphatic heterocycles. The van der Waals surface area contributed by atoms with Gasteiger partial charge in [0.15, 0.2) is 0 Å². The van der Waals surface area contributed by atoms with Crippen LogP contribution in [0.4, 0.5) is 0 Å². The topological polar surface area (TPSA) is 37.3 Å². The Kier molecular flexibility index (Phi) is 14.5. The van der Waals surface area contributed by atoms with Crippen LogP contribution in [0.3, 0.4) is 0 Å². The summed E-state index contributed by atoms with van der Waals surface area (Å²) in [6.07, 6.45) is 0.222. The van der Waals surface area contributed by atoms with E-state index in [9.17, 15) is 4.79 Å². The van der Waals surface area contributed by atoms with Crippen LogP contribution in [-0.2, 0) is 4.79 Å². The molecule has 0 unspecified atom stereocenters. The first-order chi connectivity index (χ1) is 3.27. The number of carboxylic acids is 1. The quantitative estimate of drug-likeness (QED) is 0.506. The van der Waals surface area contributed by atoms with Gasteiger partial charge in [-0.05, 0) is 0 Å². The molecule has 2 nitrogen and oxygen atoms in total. The Bertz CT molecular complexity index is 45.0. The zero-order valence-electron chi connectivity index (χ0n) is 5.06. The molecule has 0 aliphatic rings. The Hall–Kier alpha value is 0.470. The van der Waals surface area contributed by atoms with Crippen LogP contribution in [0.5, 0.6) is 0 Å². The van der Waals surface area contributed by atoms with Gasteiger partial charge in [0.25, 0.3) is 0 Å². The Morgan fingerprint density at radius 2 is 1.86 bits per heavy atom. The van der Waals surface area contributed by atoms with E-state index >= 15 is 0 Å². The van der Waals surface area contributed by atoms with Crippen LogP contribution in [0.1, 0.15) is 13.3 Å². The van der Waals surface area contributed by atoms with Crippen molar-refractivity contribution in [1.82, 2.24) is 0 Å². The zero-order valence-corrected chi connectivity index (χ0v) is 7.06. The number of hydrogen-bond acceptors (Lipinski definition) is 1. The van der Waals surface area contributed by atoms with Crippen molar-refractivity contribution in [2.24, 2.45) is 0 Å². The average molecular weight is 112 g/mol. The molecular formula is C4H9NaO2. The van der Waals surface area contributed by atoms with Crippen molar-refractivity contribution in [2.75, 3.05) is 0 Å². The molecule has 0 spiro atoms. The molecule has 0 aliphatic carbocycles. The van der Waals surface area contributed by atoms with Crippen LogP contribution in [-0.4, -0.2) is 39.0 Å². The third-order valence-corrected chi connectivity index (χ3v) is 0.302. The molecule has 0 atom stereocenters. The molecule has 0 heterocycles. The molecule has 0 radical (unpaired) electrons. The van der Waals surface area contributed by atoms with Crippen molar-refractivity contribution in [3.63, 3.8) is 0 Å². The second-order valence-electron chi connectivity index (χ2n) is 0.747. The van der Waals surface area contributed by atoms with Crippen LogP contribution in [0.2, 0.25) is 4.17 Å². The van der Waals surface area contributed by atoms with E-state index < -0.39 is 5.97 Å². The van der Waals surface area contributed by atoms with Crippen molar-refractivity contribution >= 4 is 33.9 Å². The minimum absolute atomic E-state index is 0.222. The second-order valence-corrected chi connectivity index (χ2v) is 0.747. The van der Waals surface area contributed by atoms with Gasteiger partial charge in [0.2, 0.25) is 0 Å². The molecular weight excluding hydrogens is 103 g/mol. The number of carbonyl (C=O) groups is 1. The molecule has 0 aromatic heterocycles. The maximum atomic E-state index is 9.37. The van der Waals surface area contributed by atoms with E-state index in [2.05, 4.69) is 4.17 Å². The van der Waals surface area contributed by atoms with Crippen LogP contribution in [0.25, 0.3) is 0 Å². The molecule has 0 aromatic carbocycles. The summed E-state index contributed by atoms with van der Waals surface area (Å²) in [5.74, 6) is -0.745. The monoisotopic (exact) mass is 112 g/mol. The fraction of sp³-hybridized carbons (Fsp3) is 0.750.